The van der Waals surface area contributed by atoms with Gasteiger partial charge in [-0.2, -0.15) is 0 Å². The molecule has 1 aromatic carbocycles. The van der Waals surface area contributed by atoms with Crippen LogP contribution in [0.15, 0.2) is 18.2 Å². The molecule has 1 heterocycles. The van der Waals surface area contributed by atoms with Gasteiger partial charge in [0, 0.05) is 25.6 Å². The van der Waals surface area contributed by atoms with Gasteiger partial charge in [0.2, 0.25) is 0 Å². The normalized spacial score (nSPS) is 21.0. The largest absolute Gasteiger partial charge is 0.396 e. The number of hydrogen-bond donors (Lipinski definition) is 1. The van der Waals surface area contributed by atoms with E-state index in [1.807, 2.05) is 12.1 Å². The lowest BCUT2D eigenvalue weighted by atomic mass is 10.1. The summed E-state index contributed by atoms with van der Waals surface area (Å²) in [4.78, 5) is 2.26. The van der Waals surface area contributed by atoms with Crippen molar-refractivity contribution in [1.82, 2.24) is 0 Å². The van der Waals surface area contributed by atoms with E-state index in [0.29, 0.717) is 5.92 Å². The Bertz CT molecular complexity index is 353. The number of halogens is 1. The maximum atomic E-state index is 9.09. The Morgan fingerprint density at radius 1 is 1.53 bits per heavy atom. The SMILES string of the molecule is Cc1ccc(Cl)c(N2CCC(CO)C2)c1. The first kappa shape index (κ1) is 10.8. The molecular weight excluding hydrogens is 210 g/mol. The molecule has 0 bridgehead atoms. The molecule has 1 aliphatic heterocycles. The summed E-state index contributed by atoms with van der Waals surface area (Å²) in [6, 6.07) is 6.08. The molecule has 1 fully saturated rings. The molecule has 0 aromatic heterocycles. The lowest BCUT2D eigenvalue weighted by molar-refractivity contribution is 0.238. The van der Waals surface area contributed by atoms with Crippen molar-refractivity contribution in [2.75, 3.05) is 24.6 Å². The molecule has 1 saturated heterocycles. The van der Waals surface area contributed by atoms with Crippen LogP contribution >= 0.6 is 11.6 Å². The Balaban J connectivity index is 2.19. The van der Waals surface area contributed by atoms with E-state index in [0.717, 1.165) is 30.2 Å². The molecule has 1 unspecified atom stereocenters. The van der Waals surface area contributed by atoms with Gasteiger partial charge in [0.15, 0.2) is 0 Å². The first-order chi connectivity index (χ1) is 7.20. The molecule has 1 aromatic rings. The second-order valence-corrected chi connectivity index (χ2v) is 4.65. The van der Waals surface area contributed by atoms with E-state index in [1.165, 1.54) is 5.56 Å². The summed E-state index contributed by atoms with van der Waals surface area (Å²) < 4.78 is 0. The summed E-state index contributed by atoms with van der Waals surface area (Å²) in [6.07, 6.45) is 1.06. The van der Waals surface area contributed by atoms with Crippen molar-refractivity contribution in [2.45, 2.75) is 13.3 Å². The molecule has 1 aliphatic rings. The van der Waals surface area contributed by atoms with Crippen LogP contribution in [-0.4, -0.2) is 24.8 Å². The van der Waals surface area contributed by atoms with Crippen molar-refractivity contribution in [1.29, 1.82) is 0 Å². The van der Waals surface area contributed by atoms with E-state index in [1.54, 1.807) is 0 Å². The summed E-state index contributed by atoms with van der Waals surface area (Å²) in [7, 11) is 0. The van der Waals surface area contributed by atoms with Crippen molar-refractivity contribution in [3.05, 3.63) is 28.8 Å². The Kier molecular flexibility index (Phi) is 3.17. The maximum absolute atomic E-state index is 9.09. The molecule has 0 amide bonds. The van der Waals surface area contributed by atoms with E-state index < -0.39 is 0 Å². The zero-order chi connectivity index (χ0) is 10.8. The third-order valence-electron chi connectivity index (χ3n) is 2.99. The fourth-order valence-electron chi connectivity index (χ4n) is 2.07. The smallest absolute Gasteiger partial charge is 0.0639 e. The highest BCUT2D eigenvalue weighted by molar-refractivity contribution is 6.33. The van der Waals surface area contributed by atoms with Crippen LogP contribution in [0.25, 0.3) is 0 Å². The van der Waals surface area contributed by atoms with Crippen LogP contribution in [0.5, 0.6) is 0 Å². The molecule has 1 N–H and O–H groups in total. The minimum Gasteiger partial charge on any atom is -0.396 e. The van der Waals surface area contributed by atoms with Crippen LogP contribution in [0.1, 0.15) is 12.0 Å². The standard InChI is InChI=1S/C12H16ClNO/c1-9-2-3-11(13)12(6-9)14-5-4-10(7-14)8-15/h2-3,6,10,15H,4-5,7-8H2,1H3. The zero-order valence-electron chi connectivity index (χ0n) is 8.91. The van der Waals surface area contributed by atoms with Crippen molar-refractivity contribution < 1.29 is 5.11 Å². The Labute approximate surface area is 95.5 Å². The molecule has 0 aliphatic carbocycles. The summed E-state index contributed by atoms with van der Waals surface area (Å²) >= 11 is 6.16. The molecule has 3 heteroatoms. The molecule has 0 radical (unpaired) electrons. The summed E-state index contributed by atoms with van der Waals surface area (Å²) in [5.41, 5.74) is 2.33. The molecule has 2 nitrogen and oxygen atoms in total. The Hall–Kier alpha value is -0.730. The fourth-order valence-corrected chi connectivity index (χ4v) is 2.30. The maximum Gasteiger partial charge on any atom is 0.0639 e. The van der Waals surface area contributed by atoms with Gasteiger partial charge in [-0.25, -0.2) is 0 Å². The van der Waals surface area contributed by atoms with Crippen molar-refractivity contribution in [3.63, 3.8) is 0 Å². The number of aliphatic hydroxyl groups excluding tert-OH is 1. The molecule has 2 rings (SSSR count). The lowest BCUT2D eigenvalue weighted by Crippen LogP contribution is -2.20. The summed E-state index contributed by atoms with van der Waals surface area (Å²) in [5.74, 6) is 0.404. The van der Waals surface area contributed by atoms with E-state index >= 15 is 0 Å². The first-order valence-corrected chi connectivity index (χ1v) is 5.70. The minimum atomic E-state index is 0.278. The fraction of sp³-hybridized carbons (Fsp3) is 0.500. The second-order valence-electron chi connectivity index (χ2n) is 4.24. The second kappa shape index (κ2) is 4.42. The highest BCUT2D eigenvalue weighted by atomic mass is 35.5. The highest BCUT2D eigenvalue weighted by Crippen LogP contribution is 2.30. The quantitative estimate of drug-likeness (QED) is 0.836. The van der Waals surface area contributed by atoms with Crippen molar-refractivity contribution in [2.24, 2.45) is 5.92 Å². The molecule has 15 heavy (non-hydrogen) atoms. The van der Waals surface area contributed by atoms with Gasteiger partial charge in [-0.05, 0) is 31.0 Å². The van der Waals surface area contributed by atoms with Gasteiger partial charge in [-0.3, -0.25) is 0 Å². The number of nitrogens with zero attached hydrogens (tertiary/aromatic N) is 1. The third-order valence-corrected chi connectivity index (χ3v) is 3.31. The topological polar surface area (TPSA) is 23.5 Å². The van der Waals surface area contributed by atoms with Crippen molar-refractivity contribution >= 4 is 17.3 Å². The number of aryl methyl sites for hydroxylation is 1. The van der Waals surface area contributed by atoms with E-state index in [9.17, 15) is 0 Å². The number of hydrogen-bond acceptors (Lipinski definition) is 2. The molecule has 0 saturated carbocycles. The van der Waals surface area contributed by atoms with Crippen LogP contribution in [0.2, 0.25) is 5.02 Å². The van der Waals surface area contributed by atoms with Gasteiger partial charge < -0.3 is 10.0 Å². The molecule has 1 atom stereocenters. The van der Waals surface area contributed by atoms with E-state index in [-0.39, 0.29) is 6.61 Å². The lowest BCUT2D eigenvalue weighted by Gasteiger charge is -2.20. The van der Waals surface area contributed by atoms with E-state index in [2.05, 4.69) is 17.9 Å². The van der Waals surface area contributed by atoms with Gasteiger partial charge >= 0.3 is 0 Å². The summed E-state index contributed by atoms with van der Waals surface area (Å²) in [6.45, 7) is 4.26. The monoisotopic (exact) mass is 225 g/mol. The Morgan fingerprint density at radius 3 is 3.00 bits per heavy atom. The van der Waals surface area contributed by atoms with Gasteiger partial charge in [0.25, 0.3) is 0 Å². The predicted molar refractivity (Wildman–Crippen MR) is 63.6 cm³/mol. The van der Waals surface area contributed by atoms with Crippen LogP contribution in [0.4, 0.5) is 5.69 Å². The van der Waals surface area contributed by atoms with Crippen LogP contribution in [0, 0.1) is 12.8 Å². The molecular formula is C12H16ClNO. The average Bonchev–Trinajstić information content (AvgIpc) is 2.70. The third kappa shape index (κ3) is 2.27. The zero-order valence-corrected chi connectivity index (χ0v) is 9.67. The van der Waals surface area contributed by atoms with Gasteiger partial charge in [0.05, 0.1) is 10.7 Å². The number of aliphatic hydroxyl groups is 1. The van der Waals surface area contributed by atoms with Crippen LogP contribution < -0.4 is 4.90 Å². The number of benzene rings is 1. The minimum absolute atomic E-state index is 0.278. The van der Waals surface area contributed by atoms with E-state index in [4.69, 9.17) is 16.7 Å². The van der Waals surface area contributed by atoms with Gasteiger partial charge in [0.1, 0.15) is 0 Å². The van der Waals surface area contributed by atoms with Gasteiger partial charge in [-0.1, -0.05) is 17.7 Å². The van der Waals surface area contributed by atoms with Crippen LogP contribution in [-0.2, 0) is 0 Å². The predicted octanol–water partition coefficient (Wildman–Crippen LogP) is 2.47. The van der Waals surface area contributed by atoms with Crippen molar-refractivity contribution in [3.8, 4) is 0 Å². The molecule has 82 valence electrons. The molecule has 0 spiro atoms. The first-order valence-electron chi connectivity index (χ1n) is 5.32. The number of rotatable bonds is 2. The Morgan fingerprint density at radius 2 is 2.33 bits per heavy atom. The highest BCUT2D eigenvalue weighted by Gasteiger charge is 2.23. The number of anilines is 1. The summed E-state index contributed by atoms with van der Waals surface area (Å²) in [5, 5.41) is 9.90. The average molecular weight is 226 g/mol. The van der Waals surface area contributed by atoms with Crippen LogP contribution in [0.3, 0.4) is 0 Å². The van der Waals surface area contributed by atoms with Gasteiger partial charge in [-0.15, -0.1) is 0 Å².